The number of carbonyl (C=O) groups is 1. The maximum atomic E-state index is 11.7. The molecule has 0 unspecified atom stereocenters. The number of anilines is 1. The van der Waals surface area contributed by atoms with Gasteiger partial charge in [0.1, 0.15) is 0 Å². The fourth-order valence-electron chi connectivity index (χ4n) is 2.05. The van der Waals surface area contributed by atoms with Crippen molar-refractivity contribution in [3.63, 3.8) is 0 Å². The zero-order chi connectivity index (χ0) is 15.4. The summed E-state index contributed by atoms with van der Waals surface area (Å²) in [4.78, 5) is 16.0. The molecule has 5 nitrogen and oxygen atoms in total. The summed E-state index contributed by atoms with van der Waals surface area (Å²) in [6, 6.07) is 7.78. The molecule has 0 fully saturated rings. The van der Waals surface area contributed by atoms with Gasteiger partial charge in [-0.1, -0.05) is 0 Å². The molecule has 5 heteroatoms. The first kappa shape index (κ1) is 15.3. The molecule has 1 aromatic heterocycles. The van der Waals surface area contributed by atoms with Crippen molar-refractivity contribution in [3.05, 3.63) is 42.0 Å². The van der Waals surface area contributed by atoms with Gasteiger partial charge in [0, 0.05) is 29.5 Å². The highest BCUT2D eigenvalue weighted by Gasteiger charge is 2.06. The molecule has 1 heterocycles. The predicted octanol–water partition coefficient (Wildman–Crippen LogP) is 2.56. The quantitative estimate of drug-likeness (QED) is 0.887. The van der Waals surface area contributed by atoms with Crippen molar-refractivity contribution >= 4 is 11.6 Å². The first-order chi connectivity index (χ1) is 9.97. The SMILES string of the molecule is Cc1ncn(-c2ccc(NC(=O)CC[C@@H](C)N)cc2)c1C. The number of amides is 1. The van der Waals surface area contributed by atoms with Crippen LogP contribution in [-0.2, 0) is 4.79 Å². The molecule has 0 spiro atoms. The summed E-state index contributed by atoms with van der Waals surface area (Å²) in [7, 11) is 0. The number of benzene rings is 1. The number of carbonyl (C=O) groups excluding carboxylic acids is 1. The monoisotopic (exact) mass is 286 g/mol. The lowest BCUT2D eigenvalue weighted by atomic mass is 10.2. The molecule has 21 heavy (non-hydrogen) atoms. The fourth-order valence-corrected chi connectivity index (χ4v) is 2.05. The van der Waals surface area contributed by atoms with Crippen LogP contribution in [0.25, 0.3) is 5.69 Å². The van der Waals surface area contributed by atoms with Crippen molar-refractivity contribution in [2.75, 3.05) is 5.32 Å². The largest absolute Gasteiger partial charge is 0.328 e. The second-order valence-corrected chi connectivity index (χ2v) is 5.40. The topological polar surface area (TPSA) is 72.9 Å². The lowest BCUT2D eigenvalue weighted by molar-refractivity contribution is -0.116. The molecule has 2 rings (SSSR count). The lowest BCUT2D eigenvalue weighted by Crippen LogP contribution is -2.19. The molecule has 112 valence electrons. The Hall–Kier alpha value is -2.14. The number of hydrogen-bond acceptors (Lipinski definition) is 3. The van der Waals surface area contributed by atoms with E-state index in [4.69, 9.17) is 5.73 Å². The van der Waals surface area contributed by atoms with Gasteiger partial charge < -0.3 is 15.6 Å². The minimum Gasteiger partial charge on any atom is -0.328 e. The molecule has 0 aliphatic heterocycles. The van der Waals surface area contributed by atoms with Gasteiger partial charge in [-0.25, -0.2) is 4.98 Å². The van der Waals surface area contributed by atoms with E-state index in [9.17, 15) is 4.79 Å². The van der Waals surface area contributed by atoms with Gasteiger partial charge in [0.15, 0.2) is 0 Å². The third-order valence-corrected chi connectivity index (χ3v) is 3.51. The number of imidazole rings is 1. The third-order valence-electron chi connectivity index (χ3n) is 3.51. The number of rotatable bonds is 5. The van der Waals surface area contributed by atoms with Gasteiger partial charge in [0.25, 0.3) is 0 Å². The van der Waals surface area contributed by atoms with Gasteiger partial charge in [-0.05, 0) is 51.5 Å². The molecule has 0 bridgehead atoms. The molecule has 1 aromatic carbocycles. The van der Waals surface area contributed by atoms with E-state index < -0.39 is 0 Å². The number of hydrogen-bond donors (Lipinski definition) is 2. The van der Waals surface area contributed by atoms with Crippen LogP contribution in [0.2, 0.25) is 0 Å². The molecule has 0 saturated carbocycles. The molecule has 0 saturated heterocycles. The minimum absolute atomic E-state index is 0.00490. The van der Waals surface area contributed by atoms with Crippen molar-refractivity contribution in [1.29, 1.82) is 0 Å². The summed E-state index contributed by atoms with van der Waals surface area (Å²) in [6.45, 7) is 5.92. The molecular formula is C16H22N4O. The molecule has 2 aromatic rings. The van der Waals surface area contributed by atoms with Crippen LogP contribution in [0.3, 0.4) is 0 Å². The highest BCUT2D eigenvalue weighted by molar-refractivity contribution is 5.90. The van der Waals surface area contributed by atoms with Gasteiger partial charge in [-0.15, -0.1) is 0 Å². The highest BCUT2D eigenvalue weighted by Crippen LogP contribution is 2.17. The zero-order valence-corrected chi connectivity index (χ0v) is 12.8. The average molecular weight is 286 g/mol. The van der Waals surface area contributed by atoms with Crippen LogP contribution >= 0.6 is 0 Å². The minimum atomic E-state index is -0.00490. The van der Waals surface area contributed by atoms with E-state index in [1.54, 1.807) is 6.33 Å². The van der Waals surface area contributed by atoms with Crippen molar-refractivity contribution in [3.8, 4) is 5.69 Å². The first-order valence-electron chi connectivity index (χ1n) is 7.14. The van der Waals surface area contributed by atoms with Crippen LogP contribution in [-0.4, -0.2) is 21.5 Å². The van der Waals surface area contributed by atoms with E-state index in [0.717, 1.165) is 22.8 Å². The molecular weight excluding hydrogens is 264 g/mol. The molecule has 1 amide bonds. The maximum absolute atomic E-state index is 11.7. The molecule has 0 aliphatic rings. The van der Waals surface area contributed by atoms with Crippen molar-refractivity contribution in [2.24, 2.45) is 5.73 Å². The summed E-state index contributed by atoms with van der Waals surface area (Å²) in [5.74, 6) is -0.00490. The van der Waals surface area contributed by atoms with E-state index in [-0.39, 0.29) is 11.9 Å². The second-order valence-electron chi connectivity index (χ2n) is 5.40. The lowest BCUT2D eigenvalue weighted by Gasteiger charge is -2.09. The second kappa shape index (κ2) is 6.54. The van der Waals surface area contributed by atoms with E-state index in [1.807, 2.05) is 49.6 Å². The Bertz CT molecular complexity index is 614. The summed E-state index contributed by atoms with van der Waals surface area (Å²) in [6.07, 6.45) is 2.94. The van der Waals surface area contributed by atoms with E-state index in [2.05, 4.69) is 10.3 Å². The Balaban J connectivity index is 2.02. The van der Waals surface area contributed by atoms with Crippen LogP contribution < -0.4 is 11.1 Å². The molecule has 0 aliphatic carbocycles. The van der Waals surface area contributed by atoms with E-state index in [0.29, 0.717) is 12.8 Å². The number of aryl methyl sites for hydroxylation is 1. The third kappa shape index (κ3) is 3.92. The Labute approximate surface area is 125 Å². The first-order valence-corrected chi connectivity index (χ1v) is 7.14. The standard InChI is InChI=1S/C16H22N4O/c1-11(17)4-9-16(21)19-14-5-7-15(8-6-14)20-10-18-12(2)13(20)3/h5-8,10-11H,4,9,17H2,1-3H3,(H,19,21)/t11-/m1/s1. The predicted molar refractivity (Wildman–Crippen MR) is 84.6 cm³/mol. The van der Waals surface area contributed by atoms with Crippen LogP contribution in [0, 0.1) is 13.8 Å². The summed E-state index contributed by atoms with van der Waals surface area (Å²) < 4.78 is 2.02. The normalized spacial score (nSPS) is 12.2. The summed E-state index contributed by atoms with van der Waals surface area (Å²) in [5.41, 5.74) is 9.60. The Kier molecular flexibility index (Phi) is 4.75. The highest BCUT2D eigenvalue weighted by atomic mass is 16.1. The molecule has 0 radical (unpaired) electrons. The fraction of sp³-hybridized carbons (Fsp3) is 0.375. The van der Waals surface area contributed by atoms with Gasteiger partial charge in [-0.3, -0.25) is 4.79 Å². The number of nitrogens with zero attached hydrogens (tertiary/aromatic N) is 2. The van der Waals surface area contributed by atoms with Crippen molar-refractivity contribution < 1.29 is 4.79 Å². The zero-order valence-electron chi connectivity index (χ0n) is 12.8. The number of nitrogens with two attached hydrogens (primary N) is 1. The molecule has 3 N–H and O–H groups in total. The van der Waals surface area contributed by atoms with E-state index >= 15 is 0 Å². The smallest absolute Gasteiger partial charge is 0.224 e. The Morgan fingerprint density at radius 3 is 2.52 bits per heavy atom. The van der Waals surface area contributed by atoms with Crippen LogP contribution in [0.15, 0.2) is 30.6 Å². The molecule has 1 atom stereocenters. The number of nitrogens with one attached hydrogen (secondary N) is 1. The van der Waals surface area contributed by atoms with Gasteiger partial charge in [0.05, 0.1) is 12.0 Å². The maximum Gasteiger partial charge on any atom is 0.224 e. The summed E-state index contributed by atoms with van der Waals surface area (Å²) >= 11 is 0. The van der Waals surface area contributed by atoms with Crippen molar-refractivity contribution in [2.45, 2.75) is 39.7 Å². The van der Waals surface area contributed by atoms with Gasteiger partial charge >= 0.3 is 0 Å². The van der Waals surface area contributed by atoms with E-state index in [1.165, 1.54) is 0 Å². The van der Waals surface area contributed by atoms with Gasteiger partial charge in [0.2, 0.25) is 5.91 Å². The summed E-state index contributed by atoms with van der Waals surface area (Å²) in [5, 5.41) is 2.88. The Morgan fingerprint density at radius 1 is 1.33 bits per heavy atom. The van der Waals surface area contributed by atoms with Crippen LogP contribution in [0.4, 0.5) is 5.69 Å². The Morgan fingerprint density at radius 2 is 2.00 bits per heavy atom. The number of aromatic nitrogens is 2. The van der Waals surface area contributed by atoms with Gasteiger partial charge in [-0.2, -0.15) is 0 Å². The van der Waals surface area contributed by atoms with Crippen molar-refractivity contribution in [1.82, 2.24) is 9.55 Å². The van der Waals surface area contributed by atoms with Crippen LogP contribution in [0.1, 0.15) is 31.2 Å². The average Bonchev–Trinajstić information content (AvgIpc) is 2.78. The van der Waals surface area contributed by atoms with Crippen LogP contribution in [0.5, 0.6) is 0 Å².